The number of rotatable bonds is 6. The van der Waals surface area contributed by atoms with Crippen LogP contribution in [0.5, 0.6) is 5.75 Å². The third-order valence-electron chi connectivity index (χ3n) is 2.48. The molecule has 1 unspecified atom stereocenters. The molecule has 0 bridgehead atoms. The van der Waals surface area contributed by atoms with Gasteiger partial charge in [0, 0.05) is 18.3 Å². The van der Waals surface area contributed by atoms with E-state index < -0.39 is 23.7 Å². The molecule has 7 heteroatoms. The second-order valence-electron chi connectivity index (χ2n) is 4.15. The quantitative estimate of drug-likeness (QED) is 0.746. The molecule has 110 valence electrons. The molecule has 1 atom stereocenters. The maximum atomic E-state index is 13.5. The van der Waals surface area contributed by atoms with Gasteiger partial charge in [0.25, 0.3) is 0 Å². The van der Waals surface area contributed by atoms with E-state index in [1.807, 2.05) is 0 Å². The number of urea groups is 1. The predicted octanol–water partition coefficient (Wildman–Crippen LogP) is 2.07. The fourth-order valence-corrected chi connectivity index (χ4v) is 1.36. The molecule has 0 aromatic heterocycles. The molecule has 1 rings (SSSR count). The number of amides is 2. The maximum absolute atomic E-state index is 13.5. The highest BCUT2D eigenvalue weighted by atomic mass is 19.1. The highest BCUT2D eigenvalue weighted by molar-refractivity contribution is 5.89. The van der Waals surface area contributed by atoms with E-state index in [0.29, 0.717) is 6.61 Å². The van der Waals surface area contributed by atoms with E-state index >= 15 is 0 Å². The summed E-state index contributed by atoms with van der Waals surface area (Å²) in [6.45, 7) is 3.54. The molecule has 0 fully saturated rings. The number of ether oxygens (including phenoxy) is 1. The number of carbonyl (C=O) groups excluding carboxylic acids is 1. The van der Waals surface area contributed by atoms with Crippen LogP contribution in [0.4, 0.5) is 14.9 Å². The number of nitrogens with one attached hydrogen (secondary N) is 2. The molecule has 1 aromatic carbocycles. The lowest BCUT2D eigenvalue weighted by Crippen LogP contribution is -2.34. The summed E-state index contributed by atoms with van der Waals surface area (Å²) in [6.07, 6.45) is 0. The Morgan fingerprint density at radius 3 is 2.70 bits per heavy atom. The number of carbonyl (C=O) groups is 2. The molecule has 3 N–H and O–H groups in total. The minimum Gasteiger partial charge on any atom is -0.491 e. The molecule has 0 radical (unpaired) electrons. The lowest BCUT2D eigenvalue weighted by atomic mass is 10.2. The molecule has 0 saturated heterocycles. The third kappa shape index (κ3) is 4.75. The van der Waals surface area contributed by atoms with Crippen LogP contribution in [-0.4, -0.2) is 30.3 Å². The molecule has 0 aliphatic rings. The van der Waals surface area contributed by atoms with Crippen LogP contribution in [0, 0.1) is 11.7 Å². The second-order valence-corrected chi connectivity index (χ2v) is 4.15. The summed E-state index contributed by atoms with van der Waals surface area (Å²) >= 11 is 0. The smallest absolute Gasteiger partial charge is 0.319 e. The first-order valence-electron chi connectivity index (χ1n) is 6.14. The van der Waals surface area contributed by atoms with E-state index in [2.05, 4.69) is 10.6 Å². The number of carboxylic acid groups (broad SMARTS) is 1. The average Bonchev–Trinajstić information content (AvgIpc) is 2.39. The Bertz CT molecular complexity index is 493. The summed E-state index contributed by atoms with van der Waals surface area (Å²) < 4.78 is 18.6. The summed E-state index contributed by atoms with van der Waals surface area (Å²) in [6, 6.07) is 3.44. The van der Waals surface area contributed by atoms with E-state index in [1.54, 1.807) is 6.92 Å². The van der Waals surface area contributed by atoms with Crippen LogP contribution < -0.4 is 15.4 Å². The zero-order chi connectivity index (χ0) is 15.1. The Morgan fingerprint density at radius 1 is 1.45 bits per heavy atom. The first kappa shape index (κ1) is 15.7. The molecule has 6 nitrogen and oxygen atoms in total. The summed E-state index contributed by atoms with van der Waals surface area (Å²) in [5.74, 6) is -2.17. The molecule has 20 heavy (non-hydrogen) atoms. The monoisotopic (exact) mass is 284 g/mol. The Hall–Kier alpha value is -2.31. The minimum atomic E-state index is -1.00. The molecule has 0 aliphatic carbocycles. The van der Waals surface area contributed by atoms with Gasteiger partial charge in [-0.05, 0) is 19.1 Å². The van der Waals surface area contributed by atoms with Gasteiger partial charge in [-0.25, -0.2) is 9.18 Å². The molecule has 0 spiro atoms. The number of aliphatic carboxylic acids is 1. The Morgan fingerprint density at radius 2 is 2.15 bits per heavy atom. The van der Waals surface area contributed by atoms with Gasteiger partial charge in [0.15, 0.2) is 11.6 Å². The van der Waals surface area contributed by atoms with Gasteiger partial charge >= 0.3 is 12.0 Å². The van der Waals surface area contributed by atoms with Crippen molar-refractivity contribution in [3.05, 3.63) is 24.0 Å². The van der Waals surface area contributed by atoms with Crippen molar-refractivity contribution in [2.45, 2.75) is 13.8 Å². The highest BCUT2D eigenvalue weighted by Gasteiger charge is 2.12. The summed E-state index contributed by atoms with van der Waals surface area (Å²) in [7, 11) is 0. The van der Waals surface area contributed by atoms with Gasteiger partial charge < -0.3 is 20.5 Å². The first-order valence-corrected chi connectivity index (χ1v) is 6.14. The van der Waals surface area contributed by atoms with E-state index in [9.17, 15) is 14.0 Å². The maximum Gasteiger partial charge on any atom is 0.319 e. The van der Waals surface area contributed by atoms with Crippen molar-refractivity contribution < 1.29 is 23.8 Å². The zero-order valence-electron chi connectivity index (χ0n) is 11.3. The van der Waals surface area contributed by atoms with Crippen LogP contribution in [-0.2, 0) is 4.79 Å². The molecule has 0 heterocycles. The van der Waals surface area contributed by atoms with Crippen LogP contribution in [0.3, 0.4) is 0 Å². The van der Waals surface area contributed by atoms with E-state index in [1.165, 1.54) is 19.1 Å². The van der Waals surface area contributed by atoms with Gasteiger partial charge in [-0.3, -0.25) is 4.79 Å². The van der Waals surface area contributed by atoms with Crippen molar-refractivity contribution in [3.63, 3.8) is 0 Å². The normalized spacial score (nSPS) is 11.6. The number of halogens is 1. The first-order chi connectivity index (χ1) is 9.43. The standard InChI is InChI=1S/C13H17FN2O4/c1-3-20-11-5-4-9(6-10(11)14)16-13(19)15-7-8(2)12(17)18/h4-6,8H,3,7H2,1-2H3,(H,17,18)(H2,15,16,19). The third-order valence-corrected chi connectivity index (χ3v) is 2.48. The van der Waals surface area contributed by atoms with Crippen molar-refractivity contribution in [1.82, 2.24) is 5.32 Å². The summed E-state index contributed by atoms with van der Waals surface area (Å²) in [5, 5.41) is 13.5. The topological polar surface area (TPSA) is 87.7 Å². The molecule has 0 saturated carbocycles. The van der Waals surface area contributed by atoms with Crippen molar-refractivity contribution in [2.24, 2.45) is 5.92 Å². The van der Waals surface area contributed by atoms with Crippen molar-refractivity contribution in [1.29, 1.82) is 0 Å². The van der Waals surface area contributed by atoms with Crippen LogP contribution in [0.1, 0.15) is 13.8 Å². The zero-order valence-corrected chi connectivity index (χ0v) is 11.3. The van der Waals surface area contributed by atoms with Gasteiger partial charge in [-0.2, -0.15) is 0 Å². The largest absolute Gasteiger partial charge is 0.491 e. The number of hydrogen-bond donors (Lipinski definition) is 3. The Labute approximate surface area is 115 Å². The van der Waals surface area contributed by atoms with Crippen LogP contribution >= 0.6 is 0 Å². The van der Waals surface area contributed by atoms with E-state index in [0.717, 1.165) is 6.07 Å². The molecule has 1 aromatic rings. The van der Waals surface area contributed by atoms with Gasteiger partial charge in [0.1, 0.15) is 0 Å². The Kier molecular flexibility index (Phi) is 5.76. The highest BCUT2D eigenvalue weighted by Crippen LogP contribution is 2.20. The van der Waals surface area contributed by atoms with E-state index in [4.69, 9.17) is 9.84 Å². The second kappa shape index (κ2) is 7.32. The number of carboxylic acids is 1. The SMILES string of the molecule is CCOc1ccc(NC(=O)NCC(C)C(=O)O)cc1F. The van der Waals surface area contributed by atoms with E-state index in [-0.39, 0.29) is 18.0 Å². The molecular weight excluding hydrogens is 267 g/mol. The van der Waals surface area contributed by atoms with Crippen LogP contribution in [0.2, 0.25) is 0 Å². The van der Waals surface area contributed by atoms with Crippen molar-refractivity contribution in [3.8, 4) is 5.75 Å². The summed E-state index contributed by atoms with van der Waals surface area (Å²) in [4.78, 5) is 22.1. The van der Waals surface area contributed by atoms with Crippen LogP contribution in [0.15, 0.2) is 18.2 Å². The number of anilines is 1. The van der Waals surface area contributed by atoms with Crippen LogP contribution in [0.25, 0.3) is 0 Å². The van der Waals surface area contributed by atoms with Gasteiger partial charge in [0.2, 0.25) is 0 Å². The van der Waals surface area contributed by atoms with Gasteiger partial charge in [-0.1, -0.05) is 6.92 Å². The van der Waals surface area contributed by atoms with Crippen molar-refractivity contribution >= 4 is 17.7 Å². The minimum absolute atomic E-state index is 0.0132. The molecule has 0 aliphatic heterocycles. The summed E-state index contributed by atoms with van der Waals surface area (Å²) in [5.41, 5.74) is 0.256. The lowest BCUT2D eigenvalue weighted by molar-refractivity contribution is -0.140. The van der Waals surface area contributed by atoms with Gasteiger partial charge in [0.05, 0.1) is 12.5 Å². The average molecular weight is 284 g/mol. The molecular formula is C13H17FN2O4. The number of benzene rings is 1. The fourth-order valence-electron chi connectivity index (χ4n) is 1.36. The Balaban J connectivity index is 2.54. The van der Waals surface area contributed by atoms with Crippen molar-refractivity contribution in [2.75, 3.05) is 18.5 Å². The lowest BCUT2D eigenvalue weighted by Gasteiger charge is -2.11. The number of hydrogen-bond acceptors (Lipinski definition) is 3. The predicted molar refractivity (Wildman–Crippen MR) is 71.4 cm³/mol. The van der Waals surface area contributed by atoms with Gasteiger partial charge in [-0.15, -0.1) is 0 Å². The fraction of sp³-hybridized carbons (Fsp3) is 0.385. The molecule has 2 amide bonds.